The number of nitrogens with one attached hydrogen (secondary N) is 1. The lowest BCUT2D eigenvalue weighted by Gasteiger charge is -2.24. The highest BCUT2D eigenvalue weighted by atomic mass is 79.9. The van der Waals surface area contributed by atoms with E-state index in [0.29, 0.717) is 11.3 Å². The molecule has 1 amide bonds. The van der Waals surface area contributed by atoms with Gasteiger partial charge in [0.2, 0.25) is 5.91 Å². The number of hydrogen-bond acceptors (Lipinski definition) is 2. The molecule has 0 atom stereocenters. The fourth-order valence-electron chi connectivity index (χ4n) is 1.73. The Morgan fingerprint density at radius 3 is 2.71 bits per heavy atom. The smallest absolute Gasteiger partial charge is 0.227 e. The van der Waals surface area contributed by atoms with E-state index < -0.39 is 0 Å². The lowest BCUT2D eigenvalue weighted by Crippen LogP contribution is -2.29. The summed E-state index contributed by atoms with van der Waals surface area (Å²) < 4.78 is 0.891. The molecular formula is C12H13BrN2OS. The monoisotopic (exact) mass is 312 g/mol. The fourth-order valence-corrected chi connectivity index (χ4v) is 2.26. The normalized spacial score (nSPS) is 15.1. The van der Waals surface area contributed by atoms with Crippen LogP contribution in [-0.4, -0.2) is 10.9 Å². The molecule has 1 aromatic carbocycles. The van der Waals surface area contributed by atoms with Crippen LogP contribution < -0.4 is 11.1 Å². The average Bonchev–Trinajstić information content (AvgIpc) is 2.17. The molecule has 2 rings (SSSR count). The number of thiocarbonyl (C=S) groups is 1. The van der Waals surface area contributed by atoms with Crippen LogP contribution >= 0.6 is 28.1 Å². The predicted octanol–water partition coefficient (Wildman–Crippen LogP) is 2.82. The Hall–Kier alpha value is -0.940. The number of benzene rings is 1. The SMILES string of the molecule is NC(=S)c1cc(Br)ccc1NC(=O)C1CCC1. The molecule has 0 unspecified atom stereocenters. The first-order valence-corrected chi connectivity index (χ1v) is 6.68. The number of carbonyl (C=O) groups is 1. The molecular weight excluding hydrogens is 300 g/mol. The van der Waals surface area contributed by atoms with Crippen LogP contribution in [-0.2, 0) is 4.79 Å². The van der Waals surface area contributed by atoms with Gasteiger partial charge < -0.3 is 11.1 Å². The second kappa shape index (κ2) is 5.14. The second-order valence-electron chi connectivity index (χ2n) is 4.17. The van der Waals surface area contributed by atoms with Gasteiger partial charge in [0, 0.05) is 16.0 Å². The van der Waals surface area contributed by atoms with Crippen molar-refractivity contribution < 1.29 is 4.79 Å². The van der Waals surface area contributed by atoms with Crippen LogP contribution in [0.25, 0.3) is 0 Å². The Labute approximate surface area is 114 Å². The lowest BCUT2D eigenvalue weighted by molar-refractivity contribution is -0.122. The Balaban J connectivity index is 2.19. The summed E-state index contributed by atoms with van der Waals surface area (Å²) in [6.45, 7) is 0. The van der Waals surface area contributed by atoms with Gasteiger partial charge in [0.1, 0.15) is 4.99 Å². The van der Waals surface area contributed by atoms with E-state index in [-0.39, 0.29) is 16.8 Å². The molecule has 1 aliphatic rings. The summed E-state index contributed by atoms with van der Waals surface area (Å²) in [5.74, 6) is 0.217. The van der Waals surface area contributed by atoms with Crippen LogP contribution in [0.1, 0.15) is 24.8 Å². The summed E-state index contributed by atoms with van der Waals surface area (Å²) in [7, 11) is 0. The first-order valence-electron chi connectivity index (χ1n) is 5.48. The first-order chi connectivity index (χ1) is 8.08. The molecule has 0 radical (unpaired) electrons. The van der Waals surface area contributed by atoms with Crippen LogP contribution in [0.2, 0.25) is 0 Å². The minimum atomic E-state index is 0.0658. The Morgan fingerprint density at radius 2 is 2.18 bits per heavy atom. The van der Waals surface area contributed by atoms with Gasteiger partial charge in [-0.1, -0.05) is 34.6 Å². The van der Waals surface area contributed by atoms with Gasteiger partial charge in [-0.2, -0.15) is 0 Å². The Bertz CT molecular complexity index is 472. The number of nitrogens with two attached hydrogens (primary N) is 1. The zero-order valence-electron chi connectivity index (χ0n) is 9.20. The quantitative estimate of drug-likeness (QED) is 0.844. The van der Waals surface area contributed by atoms with Gasteiger partial charge in [0.05, 0.1) is 5.69 Å². The molecule has 3 nitrogen and oxygen atoms in total. The maximum atomic E-state index is 11.8. The van der Waals surface area contributed by atoms with E-state index in [2.05, 4.69) is 21.2 Å². The van der Waals surface area contributed by atoms with Gasteiger partial charge in [0.25, 0.3) is 0 Å². The van der Waals surface area contributed by atoms with Crippen molar-refractivity contribution in [2.24, 2.45) is 11.7 Å². The number of halogens is 1. The molecule has 0 saturated heterocycles. The second-order valence-corrected chi connectivity index (χ2v) is 5.53. The standard InChI is InChI=1S/C12H13BrN2OS/c13-8-4-5-10(9(6-8)11(14)17)15-12(16)7-2-1-3-7/h4-7H,1-3H2,(H2,14,17)(H,15,16). The van der Waals surface area contributed by atoms with E-state index in [4.69, 9.17) is 18.0 Å². The van der Waals surface area contributed by atoms with Gasteiger partial charge in [-0.15, -0.1) is 0 Å². The van der Waals surface area contributed by atoms with Crippen molar-refractivity contribution in [2.45, 2.75) is 19.3 Å². The van der Waals surface area contributed by atoms with Crippen LogP contribution in [0.3, 0.4) is 0 Å². The van der Waals surface area contributed by atoms with Crippen LogP contribution in [0.15, 0.2) is 22.7 Å². The van der Waals surface area contributed by atoms with Crippen molar-refractivity contribution in [1.29, 1.82) is 0 Å². The van der Waals surface area contributed by atoms with Crippen molar-refractivity contribution in [2.75, 3.05) is 5.32 Å². The van der Waals surface area contributed by atoms with E-state index in [1.165, 1.54) is 0 Å². The molecule has 1 saturated carbocycles. The largest absolute Gasteiger partial charge is 0.389 e. The fraction of sp³-hybridized carbons (Fsp3) is 0.333. The van der Waals surface area contributed by atoms with Gasteiger partial charge in [-0.25, -0.2) is 0 Å². The van der Waals surface area contributed by atoms with Crippen molar-refractivity contribution in [3.05, 3.63) is 28.2 Å². The molecule has 0 heterocycles. The minimum absolute atomic E-state index is 0.0658. The van der Waals surface area contributed by atoms with Gasteiger partial charge in [-0.05, 0) is 31.0 Å². The Kier molecular flexibility index (Phi) is 3.79. The molecule has 5 heteroatoms. The molecule has 0 bridgehead atoms. The number of carbonyl (C=O) groups excluding carboxylic acids is 1. The van der Waals surface area contributed by atoms with Gasteiger partial charge >= 0.3 is 0 Å². The molecule has 17 heavy (non-hydrogen) atoms. The molecule has 1 aliphatic carbocycles. The summed E-state index contributed by atoms with van der Waals surface area (Å²) in [5.41, 5.74) is 7.03. The third kappa shape index (κ3) is 2.84. The summed E-state index contributed by atoms with van der Waals surface area (Å²) in [5, 5.41) is 2.89. The highest BCUT2D eigenvalue weighted by Crippen LogP contribution is 2.28. The van der Waals surface area contributed by atoms with Crippen molar-refractivity contribution in [3.63, 3.8) is 0 Å². The maximum Gasteiger partial charge on any atom is 0.227 e. The van der Waals surface area contributed by atoms with E-state index in [9.17, 15) is 4.79 Å². The minimum Gasteiger partial charge on any atom is -0.389 e. The van der Waals surface area contributed by atoms with E-state index in [1.54, 1.807) is 0 Å². The van der Waals surface area contributed by atoms with Crippen LogP contribution in [0, 0.1) is 5.92 Å². The average molecular weight is 313 g/mol. The predicted molar refractivity (Wildman–Crippen MR) is 76.0 cm³/mol. The van der Waals surface area contributed by atoms with Crippen molar-refractivity contribution in [1.82, 2.24) is 0 Å². The molecule has 90 valence electrons. The van der Waals surface area contributed by atoms with E-state index in [0.717, 1.165) is 23.7 Å². The summed E-state index contributed by atoms with van der Waals surface area (Å²) in [6, 6.07) is 5.49. The highest BCUT2D eigenvalue weighted by molar-refractivity contribution is 9.10. The molecule has 0 aliphatic heterocycles. The summed E-state index contributed by atoms with van der Waals surface area (Å²) >= 11 is 8.33. The third-order valence-electron chi connectivity index (χ3n) is 2.98. The first kappa shape index (κ1) is 12.5. The molecule has 0 spiro atoms. The highest BCUT2D eigenvalue weighted by Gasteiger charge is 2.25. The van der Waals surface area contributed by atoms with Crippen molar-refractivity contribution >= 4 is 44.7 Å². The number of rotatable bonds is 3. The van der Waals surface area contributed by atoms with E-state index in [1.807, 2.05) is 18.2 Å². The van der Waals surface area contributed by atoms with E-state index >= 15 is 0 Å². The van der Waals surface area contributed by atoms with Gasteiger partial charge in [-0.3, -0.25) is 4.79 Å². The molecule has 3 N–H and O–H groups in total. The lowest BCUT2D eigenvalue weighted by atomic mass is 9.85. The molecule has 0 aromatic heterocycles. The summed E-state index contributed by atoms with van der Waals surface area (Å²) in [6.07, 6.45) is 3.09. The number of hydrogen-bond donors (Lipinski definition) is 2. The molecule has 1 fully saturated rings. The van der Waals surface area contributed by atoms with Gasteiger partial charge in [0.15, 0.2) is 0 Å². The maximum absolute atomic E-state index is 11.8. The number of amides is 1. The van der Waals surface area contributed by atoms with Crippen LogP contribution in [0.4, 0.5) is 5.69 Å². The van der Waals surface area contributed by atoms with Crippen LogP contribution in [0.5, 0.6) is 0 Å². The third-order valence-corrected chi connectivity index (χ3v) is 3.69. The number of anilines is 1. The Morgan fingerprint density at radius 1 is 1.47 bits per heavy atom. The zero-order chi connectivity index (χ0) is 12.4. The summed E-state index contributed by atoms with van der Waals surface area (Å²) in [4.78, 5) is 12.1. The molecule has 1 aromatic rings. The zero-order valence-corrected chi connectivity index (χ0v) is 11.6. The van der Waals surface area contributed by atoms with Crippen molar-refractivity contribution in [3.8, 4) is 0 Å². The topological polar surface area (TPSA) is 55.1 Å².